The first kappa shape index (κ1) is 14.2. The Hall–Kier alpha value is -1.23. The van der Waals surface area contributed by atoms with Crippen molar-refractivity contribution in [2.24, 2.45) is 5.73 Å². The van der Waals surface area contributed by atoms with E-state index in [1.54, 1.807) is 11.3 Å². The summed E-state index contributed by atoms with van der Waals surface area (Å²) in [7, 11) is 2.13. The molecular weight excluding hydrogens is 254 g/mol. The van der Waals surface area contributed by atoms with Gasteiger partial charge in [-0.25, -0.2) is 4.98 Å². The minimum Gasteiger partial charge on any atom is -0.322 e. The van der Waals surface area contributed by atoms with E-state index in [1.807, 2.05) is 6.92 Å². The summed E-state index contributed by atoms with van der Waals surface area (Å²) < 4.78 is 0. The molecule has 0 saturated heterocycles. The van der Waals surface area contributed by atoms with Gasteiger partial charge in [-0.05, 0) is 26.0 Å². The van der Waals surface area contributed by atoms with Crippen LogP contribution in [0.15, 0.2) is 35.7 Å². The van der Waals surface area contributed by atoms with E-state index in [9.17, 15) is 0 Å². The van der Waals surface area contributed by atoms with Crippen molar-refractivity contribution in [1.29, 1.82) is 0 Å². The second kappa shape index (κ2) is 6.80. The molecule has 102 valence electrons. The van der Waals surface area contributed by atoms with E-state index in [1.165, 1.54) is 5.56 Å². The molecule has 19 heavy (non-hydrogen) atoms. The molecule has 0 aliphatic rings. The zero-order valence-electron chi connectivity index (χ0n) is 11.5. The molecular formula is C15H21N3S. The van der Waals surface area contributed by atoms with Crippen LogP contribution in [0.4, 0.5) is 0 Å². The second-order valence-corrected chi connectivity index (χ2v) is 5.83. The van der Waals surface area contributed by atoms with E-state index in [-0.39, 0.29) is 6.04 Å². The van der Waals surface area contributed by atoms with E-state index in [2.05, 4.69) is 52.6 Å². The van der Waals surface area contributed by atoms with Crippen molar-refractivity contribution in [3.63, 3.8) is 0 Å². The first-order chi connectivity index (χ1) is 9.15. The molecule has 2 aromatic rings. The van der Waals surface area contributed by atoms with Crippen LogP contribution in [-0.4, -0.2) is 23.5 Å². The van der Waals surface area contributed by atoms with E-state index < -0.39 is 0 Å². The van der Waals surface area contributed by atoms with Crippen LogP contribution in [0.3, 0.4) is 0 Å². The van der Waals surface area contributed by atoms with E-state index in [4.69, 9.17) is 5.73 Å². The molecule has 1 unspecified atom stereocenters. The van der Waals surface area contributed by atoms with Gasteiger partial charge in [-0.15, -0.1) is 11.3 Å². The van der Waals surface area contributed by atoms with Crippen molar-refractivity contribution in [3.8, 4) is 0 Å². The lowest BCUT2D eigenvalue weighted by Crippen LogP contribution is -2.21. The molecule has 1 heterocycles. The lowest BCUT2D eigenvalue weighted by molar-refractivity contribution is 0.327. The van der Waals surface area contributed by atoms with Gasteiger partial charge in [0, 0.05) is 18.5 Å². The Morgan fingerprint density at radius 2 is 2.05 bits per heavy atom. The average Bonchev–Trinajstić information content (AvgIpc) is 2.86. The predicted octanol–water partition coefficient (Wildman–Crippen LogP) is 2.84. The standard InChI is InChI=1S/C15H21N3S/c1-12(16)15-17-14(11-19-15)10-18(2)9-8-13-6-4-3-5-7-13/h3-7,11-12H,8-10,16H2,1-2H3. The molecule has 0 bridgehead atoms. The Kier molecular flexibility index (Phi) is 5.07. The molecule has 0 radical (unpaired) electrons. The number of rotatable bonds is 6. The molecule has 0 spiro atoms. The minimum atomic E-state index is 0.0355. The van der Waals surface area contributed by atoms with Crippen LogP contribution in [0.2, 0.25) is 0 Å². The fourth-order valence-electron chi connectivity index (χ4n) is 1.92. The highest BCUT2D eigenvalue weighted by molar-refractivity contribution is 7.09. The maximum absolute atomic E-state index is 5.83. The molecule has 1 aromatic carbocycles. The smallest absolute Gasteiger partial charge is 0.109 e. The zero-order valence-corrected chi connectivity index (χ0v) is 12.4. The monoisotopic (exact) mass is 275 g/mol. The maximum atomic E-state index is 5.83. The number of hydrogen-bond acceptors (Lipinski definition) is 4. The van der Waals surface area contributed by atoms with Gasteiger partial charge in [0.1, 0.15) is 5.01 Å². The van der Waals surface area contributed by atoms with Gasteiger partial charge in [0.2, 0.25) is 0 Å². The van der Waals surface area contributed by atoms with Gasteiger partial charge in [0.25, 0.3) is 0 Å². The molecule has 2 rings (SSSR count). The molecule has 1 aromatic heterocycles. The lowest BCUT2D eigenvalue weighted by Gasteiger charge is -2.15. The Bertz CT molecular complexity index is 493. The first-order valence-electron chi connectivity index (χ1n) is 6.57. The molecule has 3 nitrogen and oxygen atoms in total. The van der Waals surface area contributed by atoms with Crippen LogP contribution in [0.25, 0.3) is 0 Å². The van der Waals surface area contributed by atoms with E-state index in [0.29, 0.717) is 0 Å². The van der Waals surface area contributed by atoms with Gasteiger partial charge < -0.3 is 10.6 Å². The van der Waals surface area contributed by atoms with Crippen molar-refractivity contribution in [2.75, 3.05) is 13.6 Å². The molecule has 0 aliphatic carbocycles. The van der Waals surface area contributed by atoms with Gasteiger partial charge >= 0.3 is 0 Å². The van der Waals surface area contributed by atoms with Crippen LogP contribution >= 0.6 is 11.3 Å². The number of aromatic nitrogens is 1. The summed E-state index contributed by atoms with van der Waals surface area (Å²) in [6.45, 7) is 3.90. The van der Waals surface area contributed by atoms with Crippen LogP contribution in [-0.2, 0) is 13.0 Å². The molecule has 0 fully saturated rings. The van der Waals surface area contributed by atoms with Gasteiger partial charge in [0.05, 0.1) is 11.7 Å². The van der Waals surface area contributed by atoms with Crippen molar-refractivity contribution in [1.82, 2.24) is 9.88 Å². The van der Waals surface area contributed by atoms with Crippen LogP contribution in [0.5, 0.6) is 0 Å². The molecule has 0 amide bonds. The largest absolute Gasteiger partial charge is 0.322 e. The minimum absolute atomic E-state index is 0.0355. The summed E-state index contributed by atoms with van der Waals surface area (Å²) in [6.07, 6.45) is 1.07. The van der Waals surface area contributed by atoms with Crippen molar-refractivity contribution < 1.29 is 0 Å². The summed E-state index contributed by atoms with van der Waals surface area (Å²) in [6, 6.07) is 10.6. The number of benzene rings is 1. The maximum Gasteiger partial charge on any atom is 0.109 e. The molecule has 2 N–H and O–H groups in total. The molecule has 1 atom stereocenters. The first-order valence-corrected chi connectivity index (χ1v) is 7.45. The SMILES string of the molecule is CC(N)c1nc(CN(C)CCc2ccccc2)cs1. The van der Waals surface area contributed by atoms with Crippen LogP contribution < -0.4 is 5.73 Å². The van der Waals surface area contributed by atoms with E-state index in [0.717, 1.165) is 30.2 Å². The van der Waals surface area contributed by atoms with Gasteiger partial charge in [-0.2, -0.15) is 0 Å². The van der Waals surface area contributed by atoms with Crippen molar-refractivity contribution >= 4 is 11.3 Å². The fourth-order valence-corrected chi connectivity index (χ4v) is 2.69. The fraction of sp³-hybridized carbons (Fsp3) is 0.400. The van der Waals surface area contributed by atoms with Crippen LogP contribution in [0.1, 0.15) is 29.2 Å². The summed E-state index contributed by atoms with van der Waals surface area (Å²) in [5.74, 6) is 0. The number of thiazole rings is 1. The average molecular weight is 275 g/mol. The number of hydrogen-bond donors (Lipinski definition) is 1. The highest BCUT2D eigenvalue weighted by Crippen LogP contribution is 2.16. The second-order valence-electron chi connectivity index (χ2n) is 4.94. The van der Waals surface area contributed by atoms with Crippen molar-refractivity contribution in [2.45, 2.75) is 25.9 Å². The highest BCUT2D eigenvalue weighted by atomic mass is 32.1. The normalized spacial score (nSPS) is 12.8. The summed E-state index contributed by atoms with van der Waals surface area (Å²) >= 11 is 1.65. The summed E-state index contributed by atoms with van der Waals surface area (Å²) in [5, 5.41) is 3.13. The third kappa shape index (κ3) is 4.42. The Balaban J connectivity index is 1.82. The molecule has 0 saturated carbocycles. The topological polar surface area (TPSA) is 42.1 Å². The van der Waals surface area contributed by atoms with Gasteiger partial charge in [-0.3, -0.25) is 0 Å². The predicted molar refractivity (Wildman–Crippen MR) is 81.2 cm³/mol. The summed E-state index contributed by atoms with van der Waals surface area (Å²) in [5.41, 5.74) is 8.32. The Labute approximate surface area is 119 Å². The van der Waals surface area contributed by atoms with Crippen molar-refractivity contribution in [3.05, 3.63) is 52.0 Å². The summed E-state index contributed by atoms with van der Waals surface area (Å²) in [4.78, 5) is 6.86. The van der Waals surface area contributed by atoms with Gasteiger partial charge in [0.15, 0.2) is 0 Å². The molecule has 0 aliphatic heterocycles. The highest BCUT2D eigenvalue weighted by Gasteiger charge is 2.08. The Morgan fingerprint density at radius 1 is 1.32 bits per heavy atom. The van der Waals surface area contributed by atoms with E-state index >= 15 is 0 Å². The van der Waals surface area contributed by atoms with Crippen LogP contribution in [0, 0.1) is 0 Å². The quantitative estimate of drug-likeness (QED) is 0.881. The molecule has 4 heteroatoms. The third-order valence-electron chi connectivity index (χ3n) is 3.02. The third-order valence-corrected chi connectivity index (χ3v) is 4.11. The number of nitrogens with two attached hydrogens (primary N) is 1. The number of nitrogens with zero attached hydrogens (tertiary/aromatic N) is 2. The zero-order chi connectivity index (χ0) is 13.7. The number of likely N-dealkylation sites (N-methyl/N-ethyl adjacent to an activating group) is 1. The van der Waals surface area contributed by atoms with Gasteiger partial charge in [-0.1, -0.05) is 30.3 Å². The Morgan fingerprint density at radius 3 is 2.68 bits per heavy atom. The lowest BCUT2D eigenvalue weighted by atomic mass is 10.1.